The van der Waals surface area contributed by atoms with Crippen LogP contribution in [0.25, 0.3) is 0 Å². The van der Waals surface area contributed by atoms with E-state index in [1.807, 2.05) is 38.1 Å². The van der Waals surface area contributed by atoms with Crippen molar-refractivity contribution in [3.05, 3.63) is 29.8 Å². The number of anilines is 1. The molecule has 1 aromatic rings. The van der Waals surface area contributed by atoms with Gasteiger partial charge in [-0.1, -0.05) is 12.1 Å². The minimum absolute atomic E-state index is 0.0789. The van der Waals surface area contributed by atoms with Gasteiger partial charge in [0.1, 0.15) is 0 Å². The van der Waals surface area contributed by atoms with Crippen molar-refractivity contribution in [2.24, 2.45) is 0 Å². The number of hydrogen-bond donors (Lipinski definition) is 2. The maximum atomic E-state index is 11.7. The molecular formula is C14H19N3O. The Labute approximate surface area is 108 Å². The van der Waals surface area contributed by atoms with Crippen LogP contribution in [0, 0.1) is 11.3 Å². The number of amides is 1. The Bertz CT molecular complexity index is 457. The van der Waals surface area contributed by atoms with Gasteiger partial charge in [-0.3, -0.25) is 4.79 Å². The lowest BCUT2D eigenvalue weighted by molar-refractivity contribution is -0.117. The van der Waals surface area contributed by atoms with Crippen molar-refractivity contribution in [1.29, 1.82) is 5.26 Å². The van der Waals surface area contributed by atoms with Gasteiger partial charge in [-0.05, 0) is 45.5 Å². The molecule has 4 heteroatoms. The van der Waals surface area contributed by atoms with Crippen molar-refractivity contribution < 1.29 is 4.79 Å². The van der Waals surface area contributed by atoms with Crippen LogP contribution >= 0.6 is 0 Å². The molecule has 0 fully saturated rings. The maximum absolute atomic E-state index is 11.7. The monoisotopic (exact) mass is 245 g/mol. The Morgan fingerprint density at radius 3 is 2.33 bits per heavy atom. The molecule has 0 saturated carbocycles. The van der Waals surface area contributed by atoms with Gasteiger partial charge in [0.2, 0.25) is 5.91 Å². The highest BCUT2D eigenvalue weighted by molar-refractivity contribution is 5.94. The first-order valence-corrected chi connectivity index (χ1v) is 5.90. The molecule has 18 heavy (non-hydrogen) atoms. The number of hydrogen-bond acceptors (Lipinski definition) is 3. The normalized spacial score (nSPS) is 12.6. The van der Waals surface area contributed by atoms with Crippen molar-refractivity contribution in [2.45, 2.75) is 32.2 Å². The molecule has 0 spiro atoms. The van der Waals surface area contributed by atoms with Gasteiger partial charge in [0, 0.05) is 5.69 Å². The summed E-state index contributed by atoms with van der Waals surface area (Å²) in [7, 11) is 1.74. The molecule has 0 heterocycles. The quantitative estimate of drug-likeness (QED) is 0.853. The van der Waals surface area contributed by atoms with Gasteiger partial charge in [0.25, 0.3) is 0 Å². The number of carbonyl (C=O) groups is 1. The molecule has 4 nitrogen and oxygen atoms in total. The zero-order valence-corrected chi connectivity index (χ0v) is 11.2. The molecule has 1 aromatic carbocycles. The highest BCUT2D eigenvalue weighted by Gasteiger charge is 2.19. The van der Waals surface area contributed by atoms with Crippen LogP contribution in [0.4, 0.5) is 5.69 Å². The zero-order valence-electron chi connectivity index (χ0n) is 11.2. The number of benzene rings is 1. The van der Waals surface area contributed by atoms with Gasteiger partial charge in [-0.15, -0.1) is 0 Å². The predicted octanol–water partition coefficient (Wildman–Crippen LogP) is 2.03. The number of nitrogens with one attached hydrogen (secondary N) is 2. The van der Waals surface area contributed by atoms with Crippen molar-refractivity contribution in [2.75, 3.05) is 12.4 Å². The summed E-state index contributed by atoms with van der Waals surface area (Å²) in [5, 5.41) is 14.7. The summed E-state index contributed by atoms with van der Waals surface area (Å²) in [4.78, 5) is 11.7. The van der Waals surface area contributed by atoms with Crippen LogP contribution in [0.2, 0.25) is 0 Å². The third-order valence-corrected chi connectivity index (χ3v) is 2.98. The first-order valence-electron chi connectivity index (χ1n) is 5.90. The van der Waals surface area contributed by atoms with Gasteiger partial charge in [0.15, 0.2) is 0 Å². The van der Waals surface area contributed by atoms with Crippen LogP contribution < -0.4 is 10.6 Å². The van der Waals surface area contributed by atoms with E-state index < -0.39 is 5.41 Å². The highest BCUT2D eigenvalue weighted by atomic mass is 16.2. The largest absolute Gasteiger partial charge is 0.325 e. The fourth-order valence-electron chi connectivity index (χ4n) is 1.42. The molecule has 96 valence electrons. The summed E-state index contributed by atoms with van der Waals surface area (Å²) < 4.78 is 0. The van der Waals surface area contributed by atoms with Crippen LogP contribution in [0.1, 0.15) is 26.3 Å². The summed E-state index contributed by atoms with van der Waals surface area (Å²) in [5.41, 5.74) is 1.16. The molecule has 0 aliphatic rings. The van der Waals surface area contributed by atoms with Crippen LogP contribution in [-0.4, -0.2) is 19.0 Å². The van der Waals surface area contributed by atoms with E-state index in [4.69, 9.17) is 5.26 Å². The molecule has 0 aliphatic carbocycles. The van der Waals surface area contributed by atoms with Gasteiger partial charge in [-0.2, -0.15) is 5.26 Å². The van der Waals surface area contributed by atoms with Crippen molar-refractivity contribution >= 4 is 11.6 Å². The Hall–Kier alpha value is -1.86. The fraction of sp³-hybridized carbons (Fsp3) is 0.429. The lowest BCUT2D eigenvalue weighted by atomic mass is 9.86. The van der Waals surface area contributed by atoms with Crippen LogP contribution in [0.15, 0.2) is 24.3 Å². The standard InChI is InChI=1S/C14H19N3O/c1-10(16-4)13(18)17-12-7-5-11(6-8-12)14(2,3)9-15/h5-8,10,16H,1-4H3,(H,17,18). The molecule has 1 amide bonds. The first kappa shape index (κ1) is 14.2. The van der Waals surface area contributed by atoms with Gasteiger partial charge >= 0.3 is 0 Å². The van der Waals surface area contributed by atoms with E-state index in [2.05, 4.69) is 16.7 Å². The summed E-state index contributed by atoms with van der Waals surface area (Å²) in [6, 6.07) is 9.37. The van der Waals surface area contributed by atoms with E-state index in [1.165, 1.54) is 0 Å². The van der Waals surface area contributed by atoms with Gasteiger partial charge in [-0.25, -0.2) is 0 Å². The van der Waals surface area contributed by atoms with E-state index in [9.17, 15) is 4.79 Å². The molecule has 0 aliphatic heterocycles. The molecule has 0 bridgehead atoms. The predicted molar refractivity (Wildman–Crippen MR) is 72.2 cm³/mol. The van der Waals surface area contributed by atoms with E-state index in [1.54, 1.807) is 14.0 Å². The first-order chi connectivity index (χ1) is 8.40. The summed E-state index contributed by atoms with van der Waals surface area (Å²) >= 11 is 0. The van der Waals surface area contributed by atoms with E-state index in [-0.39, 0.29) is 11.9 Å². The molecule has 0 radical (unpaired) electrons. The van der Waals surface area contributed by atoms with Crippen molar-refractivity contribution in [3.8, 4) is 6.07 Å². The Balaban J connectivity index is 2.79. The molecule has 1 atom stereocenters. The third kappa shape index (κ3) is 3.31. The smallest absolute Gasteiger partial charge is 0.241 e. The lowest BCUT2D eigenvalue weighted by Crippen LogP contribution is -2.35. The summed E-state index contributed by atoms with van der Waals surface area (Å²) in [6.45, 7) is 5.52. The second-order valence-electron chi connectivity index (χ2n) is 4.81. The molecule has 1 rings (SSSR count). The summed E-state index contributed by atoms with van der Waals surface area (Å²) in [6.07, 6.45) is 0. The average Bonchev–Trinajstić information content (AvgIpc) is 2.38. The SMILES string of the molecule is CNC(C)C(=O)Nc1ccc(C(C)(C)C#N)cc1. The van der Waals surface area contributed by atoms with Crippen molar-refractivity contribution in [3.63, 3.8) is 0 Å². The Kier molecular flexibility index (Phi) is 4.46. The second-order valence-corrected chi connectivity index (χ2v) is 4.81. The Morgan fingerprint density at radius 1 is 1.33 bits per heavy atom. The Morgan fingerprint density at radius 2 is 1.89 bits per heavy atom. The average molecular weight is 245 g/mol. The number of nitriles is 1. The number of nitrogens with zero attached hydrogens (tertiary/aromatic N) is 1. The van der Waals surface area contributed by atoms with Crippen LogP contribution in [0.3, 0.4) is 0 Å². The molecule has 1 unspecified atom stereocenters. The van der Waals surface area contributed by atoms with Crippen LogP contribution in [0.5, 0.6) is 0 Å². The van der Waals surface area contributed by atoms with E-state index in [0.29, 0.717) is 0 Å². The fourth-order valence-corrected chi connectivity index (χ4v) is 1.42. The molecule has 0 aromatic heterocycles. The number of rotatable bonds is 4. The maximum Gasteiger partial charge on any atom is 0.241 e. The third-order valence-electron chi connectivity index (χ3n) is 2.98. The molecule has 0 saturated heterocycles. The number of likely N-dealkylation sites (N-methyl/N-ethyl adjacent to an activating group) is 1. The van der Waals surface area contributed by atoms with Crippen molar-refractivity contribution in [1.82, 2.24) is 5.32 Å². The summed E-state index contributed by atoms with van der Waals surface area (Å²) in [5.74, 6) is -0.0789. The second kappa shape index (κ2) is 5.65. The molecule has 2 N–H and O–H groups in total. The molecular weight excluding hydrogens is 226 g/mol. The van der Waals surface area contributed by atoms with Gasteiger partial charge < -0.3 is 10.6 Å². The zero-order chi connectivity index (χ0) is 13.8. The van der Waals surface area contributed by atoms with Gasteiger partial charge in [0.05, 0.1) is 17.5 Å². The minimum atomic E-state index is -0.513. The lowest BCUT2D eigenvalue weighted by Gasteiger charge is -2.16. The van der Waals surface area contributed by atoms with E-state index >= 15 is 0 Å². The number of carbonyl (C=O) groups excluding carboxylic acids is 1. The highest BCUT2D eigenvalue weighted by Crippen LogP contribution is 2.23. The minimum Gasteiger partial charge on any atom is -0.325 e. The van der Waals surface area contributed by atoms with Crippen LogP contribution in [-0.2, 0) is 10.2 Å². The topological polar surface area (TPSA) is 64.9 Å². The van der Waals surface area contributed by atoms with E-state index in [0.717, 1.165) is 11.3 Å².